The molecule has 55 heavy (non-hydrogen) atoms. The highest BCUT2D eigenvalue weighted by molar-refractivity contribution is 5.85. The average molecular weight is 791 g/mol. The average Bonchev–Trinajstić information content (AvgIpc) is 3.13. The number of hydrogen-bond donors (Lipinski definition) is 3. The number of amides is 2. The minimum Gasteiger partial charge on any atom is -0.426 e. The molecule has 312 valence electrons. The summed E-state index contributed by atoms with van der Waals surface area (Å²) in [6, 6.07) is 12.0. The Morgan fingerprint density at radius 3 is 1.24 bits per heavy atom. The molecule has 11 heteroatoms. The number of para-hydroxylation sites is 2. The maximum absolute atomic E-state index is 12.3. The van der Waals surface area contributed by atoms with Gasteiger partial charge in [-0.15, -0.1) is 12.4 Å². The fourth-order valence-corrected chi connectivity index (χ4v) is 6.01. The lowest BCUT2D eigenvalue weighted by atomic mass is 9.94. The fourth-order valence-electron chi connectivity index (χ4n) is 6.01. The molecular weight excluding hydrogens is 716 g/mol. The van der Waals surface area contributed by atoms with Crippen molar-refractivity contribution in [1.82, 2.24) is 15.5 Å². The lowest BCUT2D eigenvalue weighted by Gasteiger charge is -2.19. The van der Waals surface area contributed by atoms with Crippen LogP contribution in [0, 0.1) is 0 Å². The van der Waals surface area contributed by atoms with Crippen molar-refractivity contribution in [3.05, 3.63) is 58.7 Å². The first-order valence-corrected chi connectivity index (χ1v) is 20.4. The Kier molecular flexibility index (Phi) is 26.2. The van der Waals surface area contributed by atoms with E-state index in [4.69, 9.17) is 9.47 Å². The number of rotatable bonds is 22. The zero-order chi connectivity index (χ0) is 40.8. The topological polar surface area (TPSA) is 118 Å². The Hall–Kier alpha value is -3.47. The first-order chi connectivity index (χ1) is 25.6. The van der Waals surface area contributed by atoms with Gasteiger partial charge < -0.3 is 29.9 Å². The summed E-state index contributed by atoms with van der Waals surface area (Å²) in [7, 11) is 0. The van der Waals surface area contributed by atoms with E-state index in [1.54, 1.807) is 0 Å². The van der Waals surface area contributed by atoms with Crippen LogP contribution in [0.3, 0.4) is 0 Å². The van der Waals surface area contributed by atoms with E-state index in [1.807, 2.05) is 36.4 Å². The molecule has 0 aromatic heterocycles. The van der Waals surface area contributed by atoms with E-state index in [1.165, 1.54) is 4.90 Å². The number of esters is 2. The van der Waals surface area contributed by atoms with Crippen LogP contribution in [0.2, 0.25) is 0 Å². The van der Waals surface area contributed by atoms with Crippen molar-refractivity contribution >= 4 is 36.2 Å². The van der Waals surface area contributed by atoms with Gasteiger partial charge in [-0.1, -0.05) is 106 Å². The quantitative estimate of drug-likeness (QED) is 0.0857. The van der Waals surface area contributed by atoms with E-state index in [2.05, 4.69) is 98.6 Å². The lowest BCUT2D eigenvalue weighted by Crippen LogP contribution is -3.12. The molecule has 0 atom stereocenters. The zero-order valence-electron chi connectivity index (χ0n) is 36.1. The van der Waals surface area contributed by atoms with Crippen LogP contribution < -0.4 is 25.0 Å². The predicted octanol–water partition coefficient (Wildman–Crippen LogP) is 7.16. The number of carbonyl (C=O) groups is 4. The van der Waals surface area contributed by atoms with Crippen LogP contribution in [-0.4, -0.2) is 81.0 Å². The normalized spacial score (nSPS) is 11.1. The van der Waals surface area contributed by atoms with Gasteiger partial charge in [0.15, 0.2) is 0 Å². The van der Waals surface area contributed by atoms with Crippen LogP contribution in [0.1, 0.15) is 155 Å². The van der Waals surface area contributed by atoms with Crippen LogP contribution in [0.4, 0.5) is 0 Å². The Balaban J connectivity index is 0.00000104. The van der Waals surface area contributed by atoms with Gasteiger partial charge in [0.05, 0.1) is 39.0 Å². The summed E-state index contributed by atoms with van der Waals surface area (Å²) < 4.78 is 11.4. The smallest absolute Gasteiger partial charge is 0.311 e. The Bertz CT molecular complexity index is 1280. The van der Waals surface area contributed by atoms with Gasteiger partial charge in [0.1, 0.15) is 11.5 Å². The molecule has 0 unspecified atom stereocenters. The molecule has 2 amide bonds. The number of hydrogen-bond acceptors (Lipinski definition) is 7. The van der Waals surface area contributed by atoms with E-state index in [9.17, 15) is 19.2 Å². The van der Waals surface area contributed by atoms with Gasteiger partial charge in [-0.3, -0.25) is 19.2 Å². The van der Waals surface area contributed by atoms with Gasteiger partial charge in [0, 0.05) is 25.9 Å². The lowest BCUT2D eigenvalue weighted by molar-refractivity contribution is -0.895. The number of likely N-dealkylation sites (N-methyl/N-ethyl adjacent to an activating group) is 2. The van der Waals surface area contributed by atoms with E-state index in [0.29, 0.717) is 24.6 Å². The molecule has 10 nitrogen and oxygen atoms in total. The van der Waals surface area contributed by atoms with Gasteiger partial charge in [-0.05, 0) is 72.9 Å². The van der Waals surface area contributed by atoms with Crippen molar-refractivity contribution in [2.45, 2.75) is 132 Å². The first-order valence-electron chi connectivity index (χ1n) is 20.4. The molecule has 0 bridgehead atoms. The van der Waals surface area contributed by atoms with Crippen molar-refractivity contribution in [1.29, 1.82) is 0 Å². The number of halogens is 1. The largest absolute Gasteiger partial charge is 0.426 e. The summed E-state index contributed by atoms with van der Waals surface area (Å²) in [4.78, 5) is 52.3. The van der Waals surface area contributed by atoms with Crippen molar-refractivity contribution in [3.8, 4) is 11.5 Å². The minimum absolute atomic E-state index is 0. The van der Waals surface area contributed by atoms with Gasteiger partial charge in [0.25, 0.3) is 0 Å². The standard InChI is InChI=1S/2C22H36N2O3.ClH/c2*1-7-24(8-2)15-14-23-20(25)12-13-21(26)27-22-18(16(3)4)10-9-11-19(22)17(5)6;/h2*9-11,16-17H,7-8,12-15H2,1-6H3,(H,23,25);1H/p+1. The Labute approximate surface area is 339 Å². The van der Waals surface area contributed by atoms with Crippen molar-refractivity contribution in [2.75, 3.05) is 52.4 Å². The molecule has 0 heterocycles. The number of benzene rings is 2. The molecular formula is C44H74ClN4O6+. The molecule has 2 aromatic carbocycles. The Morgan fingerprint density at radius 1 is 0.582 bits per heavy atom. The summed E-state index contributed by atoms with van der Waals surface area (Å²) in [5.74, 6) is 1.45. The summed E-state index contributed by atoms with van der Waals surface area (Å²) >= 11 is 0. The second-order valence-corrected chi connectivity index (χ2v) is 15.0. The maximum atomic E-state index is 12.3. The third kappa shape index (κ3) is 19.3. The fraction of sp³-hybridized carbons (Fsp3) is 0.636. The van der Waals surface area contributed by atoms with Crippen molar-refractivity contribution in [2.24, 2.45) is 0 Å². The van der Waals surface area contributed by atoms with E-state index < -0.39 is 0 Å². The monoisotopic (exact) mass is 790 g/mol. The van der Waals surface area contributed by atoms with E-state index in [-0.39, 0.29) is 85.5 Å². The van der Waals surface area contributed by atoms with Gasteiger partial charge in [-0.2, -0.15) is 0 Å². The maximum Gasteiger partial charge on any atom is 0.311 e. The summed E-state index contributed by atoms with van der Waals surface area (Å²) in [6.07, 6.45) is 0.486. The van der Waals surface area contributed by atoms with Crippen LogP contribution in [0.5, 0.6) is 11.5 Å². The SMILES string of the molecule is CCN(CC)CCNC(=O)CCC(=O)Oc1c(C(C)C)cccc1C(C)C.CC[NH+](CC)CCNC(=O)CCC(=O)Oc1c(C(C)C)cccc1C(C)C.Cl. The third-order valence-corrected chi connectivity index (χ3v) is 9.63. The van der Waals surface area contributed by atoms with Crippen LogP contribution in [0.15, 0.2) is 36.4 Å². The van der Waals surface area contributed by atoms with E-state index in [0.717, 1.165) is 61.5 Å². The summed E-state index contributed by atoms with van der Waals surface area (Å²) in [6.45, 7) is 32.1. The molecule has 2 aromatic rings. The zero-order valence-corrected chi connectivity index (χ0v) is 36.9. The molecule has 0 fully saturated rings. The van der Waals surface area contributed by atoms with Gasteiger partial charge >= 0.3 is 11.9 Å². The number of quaternary nitrogens is 1. The number of nitrogens with zero attached hydrogens (tertiary/aromatic N) is 1. The molecule has 0 saturated heterocycles. The predicted molar refractivity (Wildman–Crippen MR) is 227 cm³/mol. The molecule has 2 rings (SSSR count). The highest BCUT2D eigenvalue weighted by Crippen LogP contribution is 2.36. The molecule has 3 N–H and O–H groups in total. The molecule has 0 aliphatic heterocycles. The highest BCUT2D eigenvalue weighted by atomic mass is 35.5. The number of nitrogens with one attached hydrogen (secondary N) is 3. The number of ether oxygens (including phenoxy) is 2. The van der Waals surface area contributed by atoms with Crippen molar-refractivity contribution in [3.63, 3.8) is 0 Å². The van der Waals surface area contributed by atoms with Crippen LogP contribution in [0.25, 0.3) is 0 Å². The molecule has 0 aliphatic rings. The molecule has 0 aliphatic carbocycles. The molecule has 0 radical (unpaired) electrons. The minimum atomic E-state index is -0.358. The van der Waals surface area contributed by atoms with E-state index >= 15 is 0 Å². The Morgan fingerprint density at radius 2 is 0.927 bits per heavy atom. The van der Waals surface area contributed by atoms with Gasteiger partial charge in [0.2, 0.25) is 11.8 Å². The molecule has 0 spiro atoms. The second-order valence-electron chi connectivity index (χ2n) is 15.0. The third-order valence-electron chi connectivity index (χ3n) is 9.63. The van der Waals surface area contributed by atoms with Crippen LogP contribution in [-0.2, 0) is 19.2 Å². The van der Waals surface area contributed by atoms with Crippen LogP contribution >= 0.6 is 12.4 Å². The summed E-state index contributed by atoms with van der Waals surface area (Å²) in [5.41, 5.74) is 4.11. The molecule has 0 saturated carbocycles. The first kappa shape index (κ1) is 51.5. The summed E-state index contributed by atoms with van der Waals surface area (Å²) in [5, 5.41) is 5.76. The second kappa shape index (κ2) is 28.0. The van der Waals surface area contributed by atoms with Crippen molar-refractivity contribution < 1.29 is 33.6 Å². The van der Waals surface area contributed by atoms with Gasteiger partial charge in [-0.25, -0.2) is 0 Å². The number of carbonyl (C=O) groups excluding carboxylic acids is 4. The highest BCUT2D eigenvalue weighted by Gasteiger charge is 2.20.